The average Bonchev–Trinajstić information content (AvgIpc) is 3.05. The number of carbonyl (C=O) groups excluding carboxylic acids is 1. The van der Waals surface area contributed by atoms with Gasteiger partial charge in [-0.2, -0.15) is 0 Å². The van der Waals surface area contributed by atoms with Gasteiger partial charge in [0.05, 0.1) is 12.7 Å². The molecule has 25 heavy (non-hydrogen) atoms. The molecule has 1 aromatic rings. The highest BCUT2D eigenvalue weighted by molar-refractivity contribution is 5.79. The van der Waals surface area contributed by atoms with Crippen LogP contribution in [0.5, 0.6) is 0 Å². The van der Waals surface area contributed by atoms with E-state index in [0.29, 0.717) is 17.4 Å². The molecule has 0 saturated carbocycles. The van der Waals surface area contributed by atoms with Crippen LogP contribution in [0.2, 0.25) is 0 Å². The van der Waals surface area contributed by atoms with Gasteiger partial charge in [0.1, 0.15) is 0 Å². The molecule has 1 atom stereocenters. The number of hydrogen-bond acceptors (Lipinski definition) is 3. The summed E-state index contributed by atoms with van der Waals surface area (Å²) in [4.78, 5) is 14.8. The SMILES string of the molecule is O=C(C1CCOCC1)N1CCC2(CC1)COC(Cc1ccccc1)C2. The molecule has 0 aromatic heterocycles. The van der Waals surface area contributed by atoms with Gasteiger partial charge in [0, 0.05) is 32.2 Å². The van der Waals surface area contributed by atoms with Crippen LogP contribution in [0.3, 0.4) is 0 Å². The van der Waals surface area contributed by atoms with Crippen LogP contribution in [0.25, 0.3) is 0 Å². The molecule has 1 aromatic carbocycles. The third-order valence-electron chi connectivity index (χ3n) is 6.30. The lowest BCUT2D eigenvalue weighted by molar-refractivity contribution is -0.140. The standard InChI is InChI=1S/C21H29NO3/c23-20(18-6-12-24-13-7-18)22-10-8-21(9-11-22)15-19(25-16-21)14-17-4-2-1-3-5-17/h1-5,18-19H,6-16H2. The maximum Gasteiger partial charge on any atom is 0.225 e. The van der Waals surface area contributed by atoms with E-state index in [0.717, 1.165) is 71.4 Å². The minimum atomic E-state index is 0.188. The maximum atomic E-state index is 12.7. The number of hydrogen-bond donors (Lipinski definition) is 0. The highest BCUT2D eigenvalue weighted by Crippen LogP contribution is 2.43. The lowest BCUT2D eigenvalue weighted by Crippen LogP contribution is -2.46. The summed E-state index contributed by atoms with van der Waals surface area (Å²) >= 11 is 0. The Morgan fingerprint density at radius 2 is 1.84 bits per heavy atom. The van der Waals surface area contributed by atoms with Crippen LogP contribution < -0.4 is 0 Å². The fraction of sp³-hybridized carbons (Fsp3) is 0.667. The number of ether oxygens (including phenoxy) is 2. The summed E-state index contributed by atoms with van der Waals surface area (Å²) in [5, 5.41) is 0. The van der Waals surface area contributed by atoms with E-state index in [9.17, 15) is 4.79 Å². The Morgan fingerprint density at radius 3 is 2.56 bits per heavy atom. The molecule has 3 saturated heterocycles. The van der Waals surface area contributed by atoms with Gasteiger partial charge in [0.2, 0.25) is 5.91 Å². The first-order valence-corrected chi connectivity index (χ1v) is 9.76. The summed E-state index contributed by atoms with van der Waals surface area (Å²) in [5.41, 5.74) is 1.66. The summed E-state index contributed by atoms with van der Waals surface area (Å²) in [5.74, 6) is 0.548. The Labute approximate surface area is 150 Å². The predicted octanol–water partition coefficient (Wildman–Crippen LogP) is 3.05. The molecule has 1 spiro atoms. The molecular weight excluding hydrogens is 314 g/mol. The lowest BCUT2D eigenvalue weighted by Gasteiger charge is -2.40. The lowest BCUT2D eigenvalue weighted by atomic mass is 9.76. The van der Waals surface area contributed by atoms with Gasteiger partial charge in [0.15, 0.2) is 0 Å². The molecule has 3 fully saturated rings. The molecule has 136 valence electrons. The fourth-order valence-corrected chi connectivity index (χ4v) is 4.66. The summed E-state index contributed by atoms with van der Waals surface area (Å²) in [7, 11) is 0. The van der Waals surface area contributed by atoms with Gasteiger partial charge in [0.25, 0.3) is 0 Å². The van der Waals surface area contributed by atoms with Gasteiger partial charge in [-0.3, -0.25) is 4.79 Å². The Bertz CT molecular complexity index is 574. The summed E-state index contributed by atoms with van der Waals surface area (Å²) in [6, 6.07) is 10.6. The Hall–Kier alpha value is -1.39. The molecule has 3 aliphatic rings. The van der Waals surface area contributed by atoms with Gasteiger partial charge in [-0.15, -0.1) is 0 Å². The number of carbonyl (C=O) groups is 1. The number of piperidine rings is 1. The van der Waals surface area contributed by atoms with E-state index in [4.69, 9.17) is 9.47 Å². The molecule has 4 rings (SSSR count). The zero-order chi connectivity index (χ0) is 17.1. The van der Waals surface area contributed by atoms with Gasteiger partial charge in [-0.25, -0.2) is 0 Å². The Morgan fingerprint density at radius 1 is 1.12 bits per heavy atom. The first kappa shape index (κ1) is 17.0. The first-order chi connectivity index (χ1) is 12.2. The van der Waals surface area contributed by atoms with Crippen molar-refractivity contribution in [2.24, 2.45) is 11.3 Å². The van der Waals surface area contributed by atoms with Crippen molar-refractivity contribution >= 4 is 5.91 Å². The van der Waals surface area contributed by atoms with Crippen LogP contribution in [0.1, 0.15) is 37.7 Å². The van der Waals surface area contributed by atoms with Gasteiger partial charge >= 0.3 is 0 Å². The quantitative estimate of drug-likeness (QED) is 0.847. The van der Waals surface area contributed by atoms with E-state index >= 15 is 0 Å². The molecule has 0 radical (unpaired) electrons. The maximum absolute atomic E-state index is 12.7. The smallest absolute Gasteiger partial charge is 0.225 e. The van der Waals surface area contributed by atoms with Crippen molar-refractivity contribution in [1.82, 2.24) is 4.90 Å². The predicted molar refractivity (Wildman–Crippen MR) is 96.3 cm³/mol. The van der Waals surface area contributed by atoms with Crippen molar-refractivity contribution in [3.05, 3.63) is 35.9 Å². The number of nitrogens with zero attached hydrogens (tertiary/aromatic N) is 1. The van der Waals surface area contributed by atoms with E-state index in [1.54, 1.807) is 0 Å². The van der Waals surface area contributed by atoms with E-state index in [-0.39, 0.29) is 5.92 Å². The summed E-state index contributed by atoms with van der Waals surface area (Å²) < 4.78 is 11.5. The molecular formula is C21H29NO3. The minimum absolute atomic E-state index is 0.188. The van der Waals surface area contributed by atoms with Crippen molar-refractivity contribution < 1.29 is 14.3 Å². The van der Waals surface area contributed by atoms with E-state index < -0.39 is 0 Å². The van der Waals surface area contributed by atoms with E-state index in [2.05, 4.69) is 35.2 Å². The van der Waals surface area contributed by atoms with Crippen LogP contribution in [0.4, 0.5) is 0 Å². The molecule has 4 heteroatoms. The molecule has 1 unspecified atom stereocenters. The normalized spacial score (nSPS) is 26.9. The van der Waals surface area contributed by atoms with Gasteiger partial charge < -0.3 is 14.4 Å². The van der Waals surface area contributed by atoms with Crippen molar-refractivity contribution in [2.45, 2.75) is 44.6 Å². The second-order valence-electron chi connectivity index (χ2n) is 8.04. The zero-order valence-electron chi connectivity index (χ0n) is 15.0. The van der Waals surface area contributed by atoms with Crippen molar-refractivity contribution in [1.29, 1.82) is 0 Å². The second kappa shape index (κ2) is 7.46. The van der Waals surface area contributed by atoms with Crippen LogP contribution >= 0.6 is 0 Å². The van der Waals surface area contributed by atoms with Crippen molar-refractivity contribution in [3.8, 4) is 0 Å². The highest BCUT2D eigenvalue weighted by atomic mass is 16.5. The molecule has 3 heterocycles. The van der Waals surface area contributed by atoms with Gasteiger partial charge in [-0.1, -0.05) is 30.3 Å². The largest absolute Gasteiger partial charge is 0.381 e. The van der Waals surface area contributed by atoms with Crippen LogP contribution in [-0.2, 0) is 20.7 Å². The first-order valence-electron chi connectivity index (χ1n) is 9.76. The fourth-order valence-electron chi connectivity index (χ4n) is 4.66. The zero-order valence-corrected chi connectivity index (χ0v) is 15.0. The molecule has 0 bridgehead atoms. The Balaban J connectivity index is 1.29. The van der Waals surface area contributed by atoms with Crippen molar-refractivity contribution in [2.75, 3.05) is 32.9 Å². The van der Waals surface area contributed by atoms with Crippen molar-refractivity contribution in [3.63, 3.8) is 0 Å². The number of benzene rings is 1. The Kier molecular flexibility index (Phi) is 5.09. The molecule has 0 aliphatic carbocycles. The average molecular weight is 343 g/mol. The number of amides is 1. The number of rotatable bonds is 3. The summed E-state index contributed by atoms with van der Waals surface area (Å²) in [6.45, 7) is 4.14. The second-order valence-corrected chi connectivity index (χ2v) is 8.04. The molecule has 0 N–H and O–H groups in total. The monoisotopic (exact) mass is 343 g/mol. The van der Waals surface area contributed by atoms with E-state index in [1.165, 1.54) is 5.56 Å². The summed E-state index contributed by atoms with van der Waals surface area (Å²) in [6.07, 6.45) is 6.45. The molecule has 1 amide bonds. The molecule has 3 aliphatic heterocycles. The molecule has 4 nitrogen and oxygen atoms in total. The van der Waals surface area contributed by atoms with Gasteiger partial charge in [-0.05, 0) is 49.5 Å². The van der Waals surface area contributed by atoms with Crippen LogP contribution in [0.15, 0.2) is 30.3 Å². The minimum Gasteiger partial charge on any atom is -0.381 e. The van der Waals surface area contributed by atoms with E-state index in [1.807, 2.05) is 0 Å². The third-order valence-corrected chi connectivity index (χ3v) is 6.30. The third kappa shape index (κ3) is 3.90. The van der Waals surface area contributed by atoms with Crippen LogP contribution in [-0.4, -0.2) is 49.8 Å². The highest BCUT2D eigenvalue weighted by Gasteiger charge is 2.43. The topological polar surface area (TPSA) is 38.8 Å². The number of likely N-dealkylation sites (tertiary alicyclic amines) is 1. The van der Waals surface area contributed by atoms with Crippen LogP contribution in [0, 0.1) is 11.3 Å².